The van der Waals surface area contributed by atoms with E-state index in [2.05, 4.69) is 56.9 Å². The summed E-state index contributed by atoms with van der Waals surface area (Å²) >= 11 is 3.41. The summed E-state index contributed by atoms with van der Waals surface area (Å²) in [4.78, 5) is 2.43. The molecule has 0 aliphatic carbocycles. The van der Waals surface area contributed by atoms with Gasteiger partial charge in [0.1, 0.15) is 6.61 Å². The summed E-state index contributed by atoms with van der Waals surface area (Å²) in [6.45, 7) is 3.70. The zero-order valence-corrected chi connectivity index (χ0v) is 13.5. The largest absolute Gasteiger partial charge is 0.372 e. The molecule has 2 nitrogen and oxygen atoms in total. The van der Waals surface area contributed by atoms with E-state index in [-0.39, 0.29) is 0 Å². The van der Waals surface area contributed by atoms with Gasteiger partial charge in [-0.15, -0.1) is 0 Å². The number of rotatable bonds is 6. The Labute approximate surface area is 130 Å². The molecule has 0 saturated carbocycles. The second-order valence-electron chi connectivity index (χ2n) is 4.99. The zero-order valence-electron chi connectivity index (χ0n) is 11.9. The van der Waals surface area contributed by atoms with E-state index in [9.17, 15) is 0 Å². The van der Waals surface area contributed by atoms with Gasteiger partial charge < -0.3 is 9.64 Å². The maximum absolute atomic E-state index is 5.46. The van der Waals surface area contributed by atoms with Gasteiger partial charge in [0.2, 0.25) is 0 Å². The highest BCUT2D eigenvalue weighted by Gasteiger charge is 2.11. The molecule has 108 valence electrons. The van der Waals surface area contributed by atoms with Crippen molar-refractivity contribution in [1.82, 2.24) is 0 Å². The molecule has 0 amide bonds. The van der Waals surface area contributed by atoms with Gasteiger partial charge >= 0.3 is 0 Å². The van der Waals surface area contributed by atoms with Crippen LogP contribution in [0.3, 0.4) is 0 Å². The molecule has 2 rings (SSSR count). The van der Waals surface area contributed by atoms with Gasteiger partial charge in [-0.25, -0.2) is 0 Å². The van der Waals surface area contributed by atoms with Crippen LogP contribution in [0.1, 0.15) is 31.2 Å². The molecule has 1 aromatic carbocycles. The van der Waals surface area contributed by atoms with Gasteiger partial charge in [0.15, 0.2) is 0 Å². The number of halogens is 1. The van der Waals surface area contributed by atoms with Crippen molar-refractivity contribution in [2.75, 3.05) is 36.5 Å². The second-order valence-corrected chi connectivity index (χ2v) is 5.78. The third-order valence-electron chi connectivity index (χ3n) is 3.42. The van der Waals surface area contributed by atoms with Crippen LogP contribution in [-0.4, -0.2) is 31.6 Å². The fourth-order valence-corrected chi connectivity index (χ4v) is 2.69. The molecule has 1 aliphatic rings. The lowest BCUT2D eigenvalue weighted by Gasteiger charge is -2.17. The molecule has 0 N–H and O–H groups in total. The van der Waals surface area contributed by atoms with Crippen molar-refractivity contribution in [3.8, 4) is 11.8 Å². The monoisotopic (exact) mass is 335 g/mol. The van der Waals surface area contributed by atoms with E-state index in [1.165, 1.54) is 31.6 Å². The van der Waals surface area contributed by atoms with Crippen LogP contribution in [0.5, 0.6) is 0 Å². The molecule has 0 unspecified atom stereocenters. The van der Waals surface area contributed by atoms with Crippen molar-refractivity contribution in [3.05, 3.63) is 29.8 Å². The molecule has 0 atom stereocenters. The summed E-state index contributed by atoms with van der Waals surface area (Å²) in [6.07, 6.45) is 4.88. The van der Waals surface area contributed by atoms with E-state index in [1.807, 2.05) is 0 Å². The van der Waals surface area contributed by atoms with Crippen LogP contribution in [0.15, 0.2) is 24.3 Å². The first kappa shape index (κ1) is 15.4. The van der Waals surface area contributed by atoms with E-state index in [1.54, 1.807) is 0 Å². The normalized spacial score (nSPS) is 14.2. The number of hydrogen-bond acceptors (Lipinski definition) is 2. The average Bonchev–Trinajstić information content (AvgIpc) is 3.01. The van der Waals surface area contributed by atoms with Crippen LogP contribution < -0.4 is 4.90 Å². The quantitative estimate of drug-likeness (QED) is 0.445. The first-order chi connectivity index (χ1) is 9.90. The number of anilines is 1. The molecule has 0 bridgehead atoms. The Hall–Kier alpha value is -0.980. The van der Waals surface area contributed by atoms with Crippen molar-refractivity contribution < 1.29 is 4.74 Å². The van der Waals surface area contributed by atoms with Crippen LogP contribution in [0.25, 0.3) is 0 Å². The fraction of sp³-hybridized carbons (Fsp3) is 0.529. The molecular weight excluding hydrogens is 314 g/mol. The van der Waals surface area contributed by atoms with E-state index in [4.69, 9.17) is 4.74 Å². The smallest absolute Gasteiger partial charge is 0.108 e. The van der Waals surface area contributed by atoms with Crippen LogP contribution in [0.2, 0.25) is 0 Å². The maximum Gasteiger partial charge on any atom is 0.108 e. The minimum Gasteiger partial charge on any atom is -0.372 e. The van der Waals surface area contributed by atoms with E-state index in [0.29, 0.717) is 6.61 Å². The summed E-state index contributed by atoms with van der Waals surface area (Å²) < 4.78 is 5.46. The molecule has 1 aromatic rings. The lowest BCUT2D eigenvalue weighted by Crippen LogP contribution is -2.17. The van der Waals surface area contributed by atoms with Crippen LogP contribution in [0, 0.1) is 11.8 Å². The highest BCUT2D eigenvalue weighted by molar-refractivity contribution is 9.09. The van der Waals surface area contributed by atoms with Gasteiger partial charge in [-0.05, 0) is 49.9 Å². The predicted octanol–water partition coefficient (Wildman–Crippen LogP) is 3.83. The Kier molecular flexibility index (Phi) is 6.97. The van der Waals surface area contributed by atoms with Crippen LogP contribution in [0.4, 0.5) is 5.69 Å². The minimum absolute atomic E-state index is 0.524. The number of alkyl halides is 1. The van der Waals surface area contributed by atoms with Gasteiger partial charge in [0.25, 0.3) is 0 Å². The average molecular weight is 336 g/mol. The second kappa shape index (κ2) is 9.05. The van der Waals surface area contributed by atoms with E-state index < -0.39 is 0 Å². The number of ether oxygens (including phenoxy) is 1. The minimum atomic E-state index is 0.524. The molecule has 1 heterocycles. The van der Waals surface area contributed by atoms with Gasteiger partial charge in [-0.2, -0.15) is 0 Å². The Bertz CT molecular complexity index is 440. The van der Waals surface area contributed by atoms with Crippen molar-refractivity contribution in [2.45, 2.75) is 25.7 Å². The molecule has 1 fully saturated rings. The SMILES string of the molecule is BrCCCCOCC#Cc1ccc(N2CCCC2)cc1. The highest BCUT2D eigenvalue weighted by Crippen LogP contribution is 2.20. The third kappa shape index (κ3) is 5.19. The molecular formula is C17H22BrNO. The Morgan fingerprint density at radius 3 is 2.55 bits per heavy atom. The van der Waals surface area contributed by atoms with Crippen LogP contribution >= 0.6 is 15.9 Å². The maximum atomic E-state index is 5.46. The summed E-state index contributed by atoms with van der Waals surface area (Å²) in [6, 6.07) is 8.55. The summed E-state index contributed by atoms with van der Waals surface area (Å²) in [5, 5.41) is 1.05. The molecule has 0 aromatic heterocycles. The summed E-state index contributed by atoms with van der Waals surface area (Å²) in [5.41, 5.74) is 2.39. The predicted molar refractivity (Wildman–Crippen MR) is 88.6 cm³/mol. The number of hydrogen-bond donors (Lipinski definition) is 0. The summed E-state index contributed by atoms with van der Waals surface area (Å²) in [7, 11) is 0. The standard InChI is InChI=1S/C17H22BrNO/c18-11-1-4-14-20-15-5-6-16-7-9-17(10-8-16)19-12-2-3-13-19/h7-10H,1-4,11-15H2. The molecule has 3 heteroatoms. The molecule has 20 heavy (non-hydrogen) atoms. The van der Waals surface area contributed by atoms with Gasteiger partial charge in [-0.3, -0.25) is 0 Å². The number of benzene rings is 1. The first-order valence-electron chi connectivity index (χ1n) is 7.38. The lowest BCUT2D eigenvalue weighted by atomic mass is 10.2. The molecule has 1 saturated heterocycles. The van der Waals surface area contributed by atoms with Gasteiger partial charge in [-0.1, -0.05) is 27.8 Å². The zero-order chi connectivity index (χ0) is 14.0. The van der Waals surface area contributed by atoms with Crippen molar-refractivity contribution >= 4 is 21.6 Å². The van der Waals surface area contributed by atoms with Gasteiger partial charge in [0, 0.05) is 36.3 Å². The Morgan fingerprint density at radius 2 is 1.85 bits per heavy atom. The summed E-state index contributed by atoms with van der Waals surface area (Å²) in [5.74, 6) is 6.22. The van der Waals surface area contributed by atoms with Crippen molar-refractivity contribution in [2.24, 2.45) is 0 Å². The van der Waals surface area contributed by atoms with Crippen molar-refractivity contribution in [1.29, 1.82) is 0 Å². The topological polar surface area (TPSA) is 12.5 Å². The first-order valence-corrected chi connectivity index (χ1v) is 8.50. The third-order valence-corrected chi connectivity index (χ3v) is 3.98. The van der Waals surface area contributed by atoms with E-state index in [0.717, 1.165) is 30.3 Å². The van der Waals surface area contributed by atoms with Crippen molar-refractivity contribution in [3.63, 3.8) is 0 Å². The van der Waals surface area contributed by atoms with E-state index >= 15 is 0 Å². The van der Waals surface area contributed by atoms with Crippen LogP contribution in [-0.2, 0) is 4.74 Å². The lowest BCUT2D eigenvalue weighted by molar-refractivity contribution is 0.164. The van der Waals surface area contributed by atoms with Gasteiger partial charge in [0.05, 0.1) is 0 Å². The molecule has 0 spiro atoms. The highest BCUT2D eigenvalue weighted by atomic mass is 79.9. The fourth-order valence-electron chi connectivity index (χ4n) is 2.29. The Morgan fingerprint density at radius 1 is 1.10 bits per heavy atom. The molecule has 1 aliphatic heterocycles. The number of unbranched alkanes of at least 4 members (excludes halogenated alkanes) is 1. The Balaban J connectivity index is 1.73. The number of nitrogens with zero attached hydrogens (tertiary/aromatic N) is 1. The molecule has 0 radical (unpaired) electrons.